The van der Waals surface area contributed by atoms with Gasteiger partial charge < -0.3 is 19.5 Å². The number of nitrogens with one attached hydrogen (secondary N) is 1. The molecule has 0 fully saturated rings. The van der Waals surface area contributed by atoms with Crippen LogP contribution in [0.15, 0.2) is 64.3 Å². The standard InChI is InChI=1S/C24H19ClN4O6/c1-33-18-7-5-15(25)10-16(18)27-21(30)12-28-17-3-2-8-26-22(17)23(31)29(24(28)32)11-14-4-6-19-20(9-14)35-13-34-19/h2-10H,11-13H2,1H3,(H,27,30). The molecule has 3 heterocycles. The smallest absolute Gasteiger partial charge is 0.332 e. The zero-order valence-corrected chi connectivity index (χ0v) is 19.2. The van der Waals surface area contributed by atoms with Crippen LogP contribution < -0.4 is 30.8 Å². The Bertz CT molecular complexity index is 1580. The Morgan fingerprint density at radius 1 is 1.11 bits per heavy atom. The second kappa shape index (κ2) is 9.15. The van der Waals surface area contributed by atoms with Crippen LogP contribution in [0.4, 0.5) is 5.69 Å². The molecule has 178 valence electrons. The number of halogens is 1. The van der Waals surface area contributed by atoms with Gasteiger partial charge in [0.15, 0.2) is 17.0 Å². The average Bonchev–Trinajstić information content (AvgIpc) is 3.32. The van der Waals surface area contributed by atoms with Gasteiger partial charge in [-0.15, -0.1) is 0 Å². The predicted octanol–water partition coefficient (Wildman–Crippen LogP) is 2.64. The molecule has 2 aromatic carbocycles. The third-order valence-corrected chi connectivity index (χ3v) is 5.74. The Kier molecular flexibility index (Phi) is 5.87. The van der Waals surface area contributed by atoms with E-state index in [9.17, 15) is 14.4 Å². The molecule has 1 amide bonds. The fourth-order valence-corrected chi connectivity index (χ4v) is 4.04. The normalized spacial score (nSPS) is 12.1. The largest absolute Gasteiger partial charge is 0.495 e. The van der Waals surface area contributed by atoms with Gasteiger partial charge in [-0.1, -0.05) is 17.7 Å². The molecule has 0 radical (unpaired) electrons. The van der Waals surface area contributed by atoms with Crippen LogP contribution in [0.25, 0.3) is 11.0 Å². The molecule has 0 bridgehead atoms. The third-order valence-electron chi connectivity index (χ3n) is 5.50. The van der Waals surface area contributed by atoms with Gasteiger partial charge in [0.1, 0.15) is 12.3 Å². The molecule has 0 aliphatic carbocycles. The summed E-state index contributed by atoms with van der Waals surface area (Å²) in [6.07, 6.45) is 1.46. The summed E-state index contributed by atoms with van der Waals surface area (Å²) in [5, 5.41) is 3.12. The quantitative estimate of drug-likeness (QED) is 0.438. The molecule has 1 aliphatic rings. The number of ether oxygens (including phenoxy) is 3. The van der Waals surface area contributed by atoms with E-state index in [1.165, 1.54) is 17.9 Å². The summed E-state index contributed by atoms with van der Waals surface area (Å²) in [7, 11) is 1.47. The topological polar surface area (TPSA) is 114 Å². The summed E-state index contributed by atoms with van der Waals surface area (Å²) < 4.78 is 18.2. The Morgan fingerprint density at radius 2 is 1.94 bits per heavy atom. The van der Waals surface area contributed by atoms with Crippen molar-refractivity contribution in [2.24, 2.45) is 0 Å². The Hall–Kier alpha value is -4.31. The van der Waals surface area contributed by atoms with Crippen LogP contribution in [0.1, 0.15) is 5.56 Å². The lowest BCUT2D eigenvalue weighted by atomic mass is 10.2. The second-order valence-electron chi connectivity index (χ2n) is 7.71. The zero-order chi connectivity index (χ0) is 24.5. The van der Waals surface area contributed by atoms with Crippen molar-refractivity contribution in [3.63, 3.8) is 0 Å². The SMILES string of the molecule is COc1ccc(Cl)cc1NC(=O)Cn1c(=O)n(Cc2ccc3c(c2)OCO3)c(=O)c2ncccc21. The number of carbonyl (C=O) groups is 1. The van der Waals surface area contributed by atoms with Crippen LogP contribution in [0.2, 0.25) is 5.02 Å². The molecule has 4 aromatic rings. The van der Waals surface area contributed by atoms with Gasteiger partial charge in [0.25, 0.3) is 5.56 Å². The zero-order valence-electron chi connectivity index (χ0n) is 18.5. The van der Waals surface area contributed by atoms with E-state index in [-0.39, 0.29) is 30.9 Å². The number of nitrogens with zero attached hydrogens (tertiary/aromatic N) is 3. The van der Waals surface area contributed by atoms with Crippen molar-refractivity contribution in [2.45, 2.75) is 13.1 Å². The van der Waals surface area contributed by atoms with Crippen molar-refractivity contribution < 1.29 is 19.0 Å². The van der Waals surface area contributed by atoms with Gasteiger partial charge in [-0.05, 0) is 48.0 Å². The lowest BCUT2D eigenvalue weighted by molar-refractivity contribution is -0.116. The molecule has 2 aromatic heterocycles. The lowest BCUT2D eigenvalue weighted by Crippen LogP contribution is -2.42. The summed E-state index contributed by atoms with van der Waals surface area (Å²) in [6.45, 7) is -0.291. The molecule has 5 rings (SSSR count). The monoisotopic (exact) mass is 494 g/mol. The van der Waals surface area contributed by atoms with Gasteiger partial charge in [0, 0.05) is 11.2 Å². The minimum Gasteiger partial charge on any atom is -0.495 e. The highest BCUT2D eigenvalue weighted by Gasteiger charge is 2.19. The second-order valence-corrected chi connectivity index (χ2v) is 8.15. The molecule has 10 nitrogen and oxygen atoms in total. The number of hydrogen-bond donors (Lipinski definition) is 1. The van der Waals surface area contributed by atoms with E-state index in [4.69, 9.17) is 25.8 Å². The highest BCUT2D eigenvalue weighted by Crippen LogP contribution is 2.32. The first-order valence-electron chi connectivity index (χ1n) is 10.5. The molecular weight excluding hydrogens is 476 g/mol. The van der Waals surface area contributed by atoms with E-state index >= 15 is 0 Å². The predicted molar refractivity (Wildman–Crippen MR) is 129 cm³/mol. The minimum atomic E-state index is -0.652. The van der Waals surface area contributed by atoms with Crippen molar-refractivity contribution >= 4 is 34.2 Å². The lowest BCUT2D eigenvalue weighted by Gasteiger charge is -2.15. The van der Waals surface area contributed by atoms with E-state index < -0.39 is 17.2 Å². The number of carbonyl (C=O) groups excluding carboxylic acids is 1. The van der Waals surface area contributed by atoms with Crippen molar-refractivity contribution in [3.8, 4) is 17.2 Å². The first-order valence-corrected chi connectivity index (χ1v) is 10.9. The van der Waals surface area contributed by atoms with Crippen LogP contribution in [0.3, 0.4) is 0 Å². The maximum Gasteiger partial charge on any atom is 0.332 e. The van der Waals surface area contributed by atoms with E-state index in [0.717, 1.165) is 4.57 Å². The fourth-order valence-electron chi connectivity index (χ4n) is 3.87. The van der Waals surface area contributed by atoms with Crippen molar-refractivity contribution in [2.75, 3.05) is 19.2 Å². The van der Waals surface area contributed by atoms with E-state index in [1.54, 1.807) is 48.5 Å². The third kappa shape index (κ3) is 4.31. The molecule has 11 heteroatoms. The average molecular weight is 495 g/mol. The number of rotatable bonds is 6. The summed E-state index contributed by atoms with van der Waals surface area (Å²) in [6, 6.07) is 13.1. The maximum atomic E-state index is 13.4. The molecule has 0 atom stereocenters. The summed E-state index contributed by atoms with van der Waals surface area (Å²) in [4.78, 5) is 43.7. The summed E-state index contributed by atoms with van der Waals surface area (Å²) in [5.41, 5.74) is 0.119. The number of aromatic nitrogens is 3. The van der Waals surface area contributed by atoms with Gasteiger partial charge in [-0.25, -0.2) is 9.78 Å². The Labute approximate surface area is 203 Å². The Balaban J connectivity index is 1.53. The van der Waals surface area contributed by atoms with Crippen LogP contribution in [0, 0.1) is 0 Å². The van der Waals surface area contributed by atoms with E-state index in [2.05, 4.69) is 10.3 Å². The van der Waals surface area contributed by atoms with Gasteiger partial charge in [0.2, 0.25) is 12.7 Å². The van der Waals surface area contributed by atoms with Crippen molar-refractivity contribution in [1.29, 1.82) is 0 Å². The first-order chi connectivity index (χ1) is 16.9. The molecule has 0 saturated carbocycles. The van der Waals surface area contributed by atoms with Crippen LogP contribution in [-0.4, -0.2) is 33.9 Å². The van der Waals surface area contributed by atoms with Gasteiger partial charge in [0.05, 0.1) is 24.9 Å². The molecule has 1 aliphatic heterocycles. The highest BCUT2D eigenvalue weighted by molar-refractivity contribution is 6.31. The van der Waals surface area contributed by atoms with Crippen molar-refractivity contribution in [1.82, 2.24) is 14.1 Å². The Morgan fingerprint density at radius 3 is 2.77 bits per heavy atom. The number of amides is 1. The molecule has 35 heavy (non-hydrogen) atoms. The van der Waals surface area contributed by atoms with Crippen LogP contribution >= 0.6 is 11.6 Å². The highest BCUT2D eigenvalue weighted by atomic mass is 35.5. The number of methoxy groups -OCH3 is 1. The molecule has 1 N–H and O–H groups in total. The van der Waals surface area contributed by atoms with E-state index in [1.807, 2.05) is 0 Å². The number of benzene rings is 2. The van der Waals surface area contributed by atoms with Crippen molar-refractivity contribution in [3.05, 3.63) is 86.2 Å². The summed E-state index contributed by atoms with van der Waals surface area (Å²) in [5.74, 6) is 1.02. The van der Waals surface area contributed by atoms with Gasteiger partial charge in [-0.2, -0.15) is 0 Å². The van der Waals surface area contributed by atoms with Crippen LogP contribution in [0.5, 0.6) is 17.2 Å². The molecule has 0 spiro atoms. The summed E-state index contributed by atoms with van der Waals surface area (Å²) >= 11 is 6.05. The number of hydrogen-bond acceptors (Lipinski definition) is 7. The molecular formula is C24H19ClN4O6. The first kappa shape index (κ1) is 22.5. The van der Waals surface area contributed by atoms with Gasteiger partial charge in [-0.3, -0.25) is 18.7 Å². The molecule has 0 unspecified atom stereocenters. The fraction of sp³-hybridized carbons (Fsp3) is 0.167. The minimum absolute atomic E-state index is 0.0371. The number of anilines is 1. The maximum absolute atomic E-state index is 13.4. The van der Waals surface area contributed by atoms with Gasteiger partial charge >= 0.3 is 5.69 Å². The molecule has 0 saturated heterocycles. The number of pyridine rings is 1. The van der Waals surface area contributed by atoms with E-state index in [0.29, 0.717) is 33.5 Å². The number of fused-ring (bicyclic) bond motifs is 2. The van der Waals surface area contributed by atoms with Crippen LogP contribution in [-0.2, 0) is 17.9 Å².